The van der Waals surface area contributed by atoms with E-state index in [1.165, 1.54) is 25.9 Å². The highest BCUT2D eigenvalue weighted by Gasteiger charge is 2.15. The molecule has 0 spiro atoms. The fourth-order valence-corrected chi connectivity index (χ4v) is 2.43. The van der Waals surface area contributed by atoms with Crippen molar-refractivity contribution in [2.24, 2.45) is 10.9 Å². The zero-order chi connectivity index (χ0) is 13.9. The summed E-state index contributed by atoms with van der Waals surface area (Å²) in [5.41, 5.74) is 0. The number of aliphatic imine (C=N–C) groups is 1. The predicted octanol–water partition coefficient (Wildman–Crippen LogP) is 0.920. The van der Waals surface area contributed by atoms with E-state index < -0.39 is 0 Å². The Labute approximate surface area is 117 Å². The number of hydrogen-bond acceptors (Lipinski definition) is 3. The maximum absolute atomic E-state index is 5.29. The van der Waals surface area contributed by atoms with Gasteiger partial charge in [-0.25, -0.2) is 0 Å². The second-order valence-corrected chi connectivity index (χ2v) is 5.17. The maximum Gasteiger partial charge on any atom is 0.191 e. The summed E-state index contributed by atoms with van der Waals surface area (Å²) in [5.74, 6) is 1.71. The van der Waals surface area contributed by atoms with Gasteiger partial charge in [-0.3, -0.25) is 4.99 Å². The van der Waals surface area contributed by atoms with Crippen LogP contribution in [0.2, 0.25) is 0 Å². The average Bonchev–Trinajstić information content (AvgIpc) is 2.41. The number of ether oxygens (including phenoxy) is 1. The molecule has 0 radical (unpaired) electrons. The van der Waals surface area contributed by atoms with Crippen LogP contribution in [0.15, 0.2) is 4.99 Å². The molecule has 5 nitrogen and oxygen atoms in total. The van der Waals surface area contributed by atoms with Crippen LogP contribution < -0.4 is 10.6 Å². The summed E-state index contributed by atoms with van der Waals surface area (Å²) in [6.45, 7) is 11.1. The van der Waals surface area contributed by atoms with Crippen LogP contribution >= 0.6 is 0 Å². The van der Waals surface area contributed by atoms with Crippen molar-refractivity contribution in [1.82, 2.24) is 15.5 Å². The highest BCUT2D eigenvalue weighted by Crippen LogP contribution is 2.14. The van der Waals surface area contributed by atoms with Gasteiger partial charge in [-0.05, 0) is 32.2 Å². The summed E-state index contributed by atoms with van der Waals surface area (Å²) < 4.78 is 5.29. The molecule has 1 atom stereocenters. The van der Waals surface area contributed by atoms with Gasteiger partial charge in [-0.2, -0.15) is 0 Å². The highest BCUT2D eigenvalue weighted by atomic mass is 16.5. The molecule has 5 heteroatoms. The molecule has 0 bridgehead atoms. The SMILES string of the molecule is CCOCCNC(=NC)NCCN1CCCC(C)C1. The van der Waals surface area contributed by atoms with Crippen LogP contribution in [-0.4, -0.2) is 63.8 Å². The monoisotopic (exact) mass is 270 g/mol. The largest absolute Gasteiger partial charge is 0.380 e. The Hall–Kier alpha value is -0.810. The lowest BCUT2D eigenvalue weighted by molar-refractivity contribution is 0.152. The zero-order valence-corrected chi connectivity index (χ0v) is 12.7. The van der Waals surface area contributed by atoms with E-state index in [0.717, 1.165) is 44.7 Å². The molecule has 1 rings (SSSR count). The molecule has 0 aliphatic carbocycles. The van der Waals surface area contributed by atoms with Crippen molar-refractivity contribution in [2.45, 2.75) is 26.7 Å². The lowest BCUT2D eigenvalue weighted by atomic mass is 10.0. The Kier molecular flexibility index (Phi) is 8.58. The second kappa shape index (κ2) is 10.0. The van der Waals surface area contributed by atoms with Gasteiger partial charge in [0.05, 0.1) is 6.61 Å². The average molecular weight is 270 g/mol. The first kappa shape index (κ1) is 16.2. The summed E-state index contributed by atoms with van der Waals surface area (Å²) in [6, 6.07) is 0. The maximum atomic E-state index is 5.29. The first-order chi connectivity index (χ1) is 9.26. The number of piperidine rings is 1. The molecule has 0 aromatic heterocycles. The molecule has 2 N–H and O–H groups in total. The van der Waals surface area contributed by atoms with Crippen LogP contribution in [0.3, 0.4) is 0 Å². The van der Waals surface area contributed by atoms with Gasteiger partial charge in [0.2, 0.25) is 0 Å². The van der Waals surface area contributed by atoms with Crippen molar-refractivity contribution in [3.05, 3.63) is 0 Å². The van der Waals surface area contributed by atoms with Crippen molar-refractivity contribution in [3.63, 3.8) is 0 Å². The molecule has 0 aromatic rings. The van der Waals surface area contributed by atoms with Gasteiger partial charge in [0, 0.05) is 39.8 Å². The van der Waals surface area contributed by atoms with Gasteiger partial charge in [0.15, 0.2) is 5.96 Å². The van der Waals surface area contributed by atoms with E-state index in [9.17, 15) is 0 Å². The molecule has 0 saturated carbocycles. The van der Waals surface area contributed by atoms with Crippen LogP contribution in [0.25, 0.3) is 0 Å². The van der Waals surface area contributed by atoms with Gasteiger partial charge in [-0.15, -0.1) is 0 Å². The minimum absolute atomic E-state index is 0.723. The molecule has 1 saturated heterocycles. The fourth-order valence-electron chi connectivity index (χ4n) is 2.43. The molecular weight excluding hydrogens is 240 g/mol. The molecule has 1 unspecified atom stereocenters. The lowest BCUT2D eigenvalue weighted by Crippen LogP contribution is -2.44. The number of nitrogens with zero attached hydrogens (tertiary/aromatic N) is 2. The van der Waals surface area contributed by atoms with Crippen LogP contribution in [0.5, 0.6) is 0 Å². The smallest absolute Gasteiger partial charge is 0.191 e. The Balaban J connectivity index is 2.08. The Morgan fingerprint density at radius 2 is 2.16 bits per heavy atom. The first-order valence-corrected chi connectivity index (χ1v) is 7.50. The van der Waals surface area contributed by atoms with E-state index in [4.69, 9.17) is 4.74 Å². The highest BCUT2D eigenvalue weighted by molar-refractivity contribution is 5.79. The molecule has 1 fully saturated rings. The standard InChI is InChI=1S/C14H30N4O/c1-4-19-11-8-17-14(15-3)16-7-10-18-9-5-6-13(2)12-18/h13H,4-12H2,1-3H3,(H2,15,16,17). The van der Waals surface area contributed by atoms with E-state index in [1.54, 1.807) is 7.05 Å². The lowest BCUT2D eigenvalue weighted by Gasteiger charge is -2.30. The predicted molar refractivity (Wildman–Crippen MR) is 80.7 cm³/mol. The molecular formula is C14H30N4O. The molecule has 0 amide bonds. The number of rotatable bonds is 7. The van der Waals surface area contributed by atoms with Gasteiger partial charge in [-0.1, -0.05) is 6.92 Å². The van der Waals surface area contributed by atoms with Crippen molar-refractivity contribution in [3.8, 4) is 0 Å². The summed E-state index contributed by atoms with van der Waals surface area (Å²) in [4.78, 5) is 6.74. The van der Waals surface area contributed by atoms with Gasteiger partial charge in [0.1, 0.15) is 0 Å². The summed E-state index contributed by atoms with van der Waals surface area (Å²) >= 11 is 0. The zero-order valence-electron chi connectivity index (χ0n) is 12.7. The third kappa shape index (κ3) is 7.38. The van der Waals surface area contributed by atoms with Crippen molar-refractivity contribution >= 4 is 5.96 Å². The molecule has 0 aromatic carbocycles. The first-order valence-electron chi connectivity index (χ1n) is 7.50. The van der Waals surface area contributed by atoms with Crippen molar-refractivity contribution in [1.29, 1.82) is 0 Å². The third-order valence-electron chi connectivity index (χ3n) is 3.43. The van der Waals surface area contributed by atoms with Gasteiger partial charge >= 0.3 is 0 Å². The van der Waals surface area contributed by atoms with Crippen molar-refractivity contribution < 1.29 is 4.74 Å². The summed E-state index contributed by atoms with van der Waals surface area (Å²) in [6.07, 6.45) is 2.72. The van der Waals surface area contributed by atoms with Gasteiger partial charge < -0.3 is 20.3 Å². The van der Waals surface area contributed by atoms with E-state index in [-0.39, 0.29) is 0 Å². The molecule has 1 aliphatic heterocycles. The molecule has 1 heterocycles. The summed E-state index contributed by atoms with van der Waals surface area (Å²) in [7, 11) is 1.80. The van der Waals surface area contributed by atoms with Crippen molar-refractivity contribution in [2.75, 3.05) is 53.0 Å². The normalized spacial score (nSPS) is 21.4. The van der Waals surface area contributed by atoms with Crippen LogP contribution in [0, 0.1) is 5.92 Å². The Morgan fingerprint density at radius 1 is 1.37 bits per heavy atom. The van der Waals surface area contributed by atoms with Crippen LogP contribution in [0.4, 0.5) is 0 Å². The molecule has 1 aliphatic rings. The molecule has 19 heavy (non-hydrogen) atoms. The minimum Gasteiger partial charge on any atom is -0.380 e. The van der Waals surface area contributed by atoms with Crippen LogP contribution in [0.1, 0.15) is 26.7 Å². The van der Waals surface area contributed by atoms with E-state index in [1.807, 2.05) is 6.92 Å². The Morgan fingerprint density at radius 3 is 2.84 bits per heavy atom. The van der Waals surface area contributed by atoms with E-state index >= 15 is 0 Å². The van der Waals surface area contributed by atoms with Gasteiger partial charge in [0.25, 0.3) is 0 Å². The fraction of sp³-hybridized carbons (Fsp3) is 0.929. The number of hydrogen-bond donors (Lipinski definition) is 2. The Bertz CT molecular complexity index is 258. The van der Waals surface area contributed by atoms with Crippen LogP contribution in [-0.2, 0) is 4.74 Å². The third-order valence-corrected chi connectivity index (χ3v) is 3.43. The second-order valence-electron chi connectivity index (χ2n) is 5.17. The summed E-state index contributed by atoms with van der Waals surface area (Å²) in [5, 5.41) is 6.60. The number of likely N-dealkylation sites (tertiary alicyclic amines) is 1. The number of nitrogens with one attached hydrogen (secondary N) is 2. The quantitative estimate of drug-likeness (QED) is 0.410. The van der Waals surface area contributed by atoms with E-state index in [2.05, 4.69) is 27.4 Å². The number of guanidine groups is 1. The topological polar surface area (TPSA) is 48.9 Å². The molecule has 112 valence electrons. The minimum atomic E-state index is 0.723. The van der Waals surface area contributed by atoms with E-state index in [0.29, 0.717) is 0 Å².